The molecule has 5 nitrogen and oxygen atoms in total. The van der Waals surface area contributed by atoms with Crippen LogP contribution >= 0.6 is 0 Å². The maximum absolute atomic E-state index is 12.2. The van der Waals surface area contributed by atoms with Crippen molar-refractivity contribution in [1.29, 1.82) is 0 Å². The lowest BCUT2D eigenvalue weighted by atomic mass is 9.94. The van der Waals surface area contributed by atoms with Crippen molar-refractivity contribution in [2.45, 2.75) is 38.2 Å². The van der Waals surface area contributed by atoms with Crippen LogP contribution in [0.2, 0.25) is 0 Å². The number of likely N-dealkylation sites (tertiary alicyclic amines) is 1. The van der Waals surface area contributed by atoms with Crippen LogP contribution in [-0.2, 0) is 10.2 Å². The Morgan fingerprint density at radius 3 is 2.77 bits per heavy atom. The number of anilines is 1. The van der Waals surface area contributed by atoms with Gasteiger partial charge in [-0.3, -0.25) is 0 Å². The number of ether oxygens (including phenoxy) is 2. The lowest BCUT2D eigenvalue weighted by Gasteiger charge is -2.26. The monoisotopic (exact) mass is 304 g/mol. The average molecular weight is 304 g/mol. The fourth-order valence-corrected chi connectivity index (χ4v) is 3.42. The number of benzene rings is 1. The first kappa shape index (κ1) is 15.0. The van der Waals surface area contributed by atoms with Crippen LogP contribution in [0.3, 0.4) is 0 Å². The number of methoxy groups -OCH3 is 1. The van der Waals surface area contributed by atoms with E-state index >= 15 is 0 Å². The predicted molar refractivity (Wildman–Crippen MR) is 85.0 cm³/mol. The molecule has 120 valence electrons. The van der Waals surface area contributed by atoms with Gasteiger partial charge in [0, 0.05) is 18.5 Å². The maximum Gasteiger partial charge on any atom is 0.410 e. The van der Waals surface area contributed by atoms with Crippen LogP contribution < -0.4 is 10.5 Å². The quantitative estimate of drug-likeness (QED) is 0.853. The van der Waals surface area contributed by atoms with Crippen molar-refractivity contribution in [3.8, 4) is 5.75 Å². The number of nitrogens with two attached hydrogens (primary N) is 1. The Labute approximate surface area is 131 Å². The molecule has 1 aromatic carbocycles. The van der Waals surface area contributed by atoms with Crippen molar-refractivity contribution < 1.29 is 14.3 Å². The second-order valence-electron chi connectivity index (χ2n) is 7.37. The van der Waals surface area contributed by atoms with Crippen LogP contribution in [0.4, 0.5) is 10.5 Å². The van der Waals surface area contributed by atoms with Gasteiger partial charge in [-0.05, 0) is 50.8 Å². The van der Waals surface area contributed by atoms with Gasteiger partial charge in [-0.1, -0.05) is 6.07 Å². The molecule has 22 heavy (non-hydrogen) atoms. The van der Waals surface area contributed by atoms with Crippen molar-refractivity contribution in [2.75, 3.05) is 25.9 Å². The SMILES string of the molecule is COc1cc([C@@]23C[C@@H]2CN(C(=O)OC(C)(C)C)C3)ccc1N. The maximum atomic E-state index is 12.2. The highest BCUT2D eigenvalue weighted by molar-refractivity contribution is 5.70. The highest BCUT2D eigenvalue weighted by Crippen LogP contribution is 2.59. The number of nitrogens with zero attached hydrogens (tertiary/aromatic N) is 1. The normalized spacial score (nSPS) is 26.5. The molecule has 3 rings (SSSR count). The zero-order valence-electron chi connectivity index (χ0n) is 13.7. The van der Waals surface area contributed by atoms with E-state index in [2.05, 4.69) is 6.07 Å². The summed E-state index contributed by atoms with van der Waals surface area (Å²) in [6.07, 6.45) is 0.890. The number of rotatable bonds is 2. The van der Waals surface area contributed by atoms with Gasteiger partial charge in [0.2, 0.25) is 0 Å². The van der Waals surface area contributed by atoms with Gasteiger partial charge in [0.25, 0.3) is 0 Å². The van der Waals surface area contributed by atoms with Crippen LogP contribution in [0, 0.1) is 5.92 Å². The van der Waals surface area contributed by atoms with Gasteiger partial charge in [-0.15, -0.1) is 0 Å². The lowest BCUT2D eigenvalue weighted by molar-refractivity contribution is 0.0270. The van der Waals surface area contributed by atoms with E-state index < -0.39 is 5.60 Å². The molecule has 1 aliphatic heterocycles. The van der Waals surface area contributed by atoms with Crippen molar-refractivity contribution in [3.05, 3.63) is 23.8 Å². The average Bonchev–Trinajstić information content (AvgIpc) is 2.99. The minimum atomic E-state index is -0.457. The number of carbonyl (C=O) groups excluding carboxylic acids is 1. The van der Waals surface area contributed by atoms with Gasteiger partial charge in [0.05, 0.1) is 12.8 Å². The summed E-state index contributed by atoms with van der Waals surface area (Å²) in [6, 6.07) is 5.94. The van der Waals surface area contributed by atoms with E-state index in [4.69, 9.17) is 15.2 Å². The third-order valence-corrected chi connectivity index (χ3v) is 4.61. The molecule has 0 unspecified atom stereocenters. The van der Waals surface area contributed by atoms with Crippen LogP contribution in [0.15, 0.2) is 18.2 Å². The molecular formula is C17H24N2O3. The lowest BCUT2D eigenvalue weighted by Crippen LogP contribution is -2.37. The van der Waals surface area contributed by atoms with Crippen LogP contribution in [-0.4, -0.2) is 36.8 Å². The highest BCUT2D eigenvalue weighted by Gasteiger charge is 2.62. The first-order chi connectivity index (χ1) is 10.2. The summed E-state index contributed by atoms with van der Waals surface area (Å²) in [5.41, 5.74) is 7.33. The molecule has 0 radical (unpaired) electrons. The molecule has 2 aliphatic rings. The second kappa shape index (κ2) is 4.80. The Balaban J connectivity index is 1.76. The fourth-order valence-electron chi connectivity index (χ4n) is 3.42. The molecule has 2 atom stereocenters. The molecule has 0 spiro atoms. The standard InChI is InChI=1S/C17H24N2O3/c1-16(2,3)22-15(20)19-9-12-8-17(12,10-19)11-5-6-13(18)14(7-11)21-4/h5-7,12H,8-10,18H2,1-4H3/t12-,17+/m1/s1. The number of amides is 1. The Morgan fingerprint density at radius 1 is 1.41 bits per heavy atom. The van der Waals surface area contributed by atoms with Gasteiger partial charge < -0.3 is 20.1 Å². The van der Waals surface area contributed by atoms with Crippen molar-refractivity contribution >= 4 is 11.8 Å². The third-order valence-electron chi connectivity index (χ3n) is 4.61. The molecule has 1 saturated heterocycles. The third kappa shape index (κ3) is 2.49. The molecule has 1 aliphatic carbocycles. The summed E-state index contributed by atoms with van der Waals surface area (Å²) in [5, 5.41) is 0. The first-order valence-corrected chi connectivity index (χ1v) is 7.67. The van der Waals surface area contributed by atoms with Gasteiger partial charge in [0.1, 0.15) is 11.4 Å². The minimum Gasteiger partial charge on any atom is -0.495 e. The molecule has 1 aromatic rings. The molecule has 0 bridgehead atoms. The molecule has 1 saturated carbocycles. The number of carbonyl (C=O) groups is 1. The van der Waals surface area contributed by atoms with Gasteiger partial charge >= 0.3 is 6.09 Å². The van der Waals surface area contributed by atoms with Crippen molar-refractivity contribution in [3.63, 3.8) is 0 Å². The smallest absolute Gasteiger partial charge is 0.410 e. The van der Waals surface area contributed by atoms with E-state index in [9.17, 15) is 4.79 Å². The summed E-state index contributed by atoms with van der Waals surface area (Å²) < 4.78 is 10.8. The Morgan fingerprint density at radius 2 is 2.14 bits per heavy atom. The molecule has 0 aromatic heterocycles. The van der Waals surface area contributed by atoms with Crippen LogP contribution in [0.1, 0.15) is 32.8 Å². The summed E-state index contributed by atoms with van der Waals surface area (Å²) in [5.74, 6) is 1.21. The number of nitrogen functional groups attached to an aromatic ring is 1. The molecule has 2 fully saturated rings. The number of hydrogen-bond acceptors (Lipinski definition) is 4. The largest absolute Gasteiger partial charge is 0.495 e. The zero-order valence-corrected chi connectivity index (χ0v) is 13.7. The molecular weight excluding hydrogens is 280 g/mol. The Hall–Kier alpha value is -1.91. The first-order valence-electron chi connectivity index (χ1n) is 7.67. The fraction of sp³-hybridized carbons (Fsp3) is 0.588. The van der Waals surface area contributed by atoms with Gasteiger partial charge in [-0.25, -0.2) is 4.79 Å². The van der Waals surface area contributed by atoms with Crippen molar-refractivity contribution in [2.24, 2.45) is 5.92 Å². The topological polar surface area (TPSA) is 64.8 Å². The molecule has 1 amide bonds. The number of fused-ring (bicyclic) bond motifs is 1. The molecule has 1 heterocycles. The number of piperidine rings is 1. The summed E-state index contributed by atoms with van der Waals surface area (Å²) in [4.78, 5) is 14.1. The van der Waals surface area contributed by atoms with Crippen LogP contribution in [0.5, 0.6) is 5.75 Å². The zero-order chi connectivity index (χ0) is 16.1. The molecule has 5 heteroatoms. The summed E-state index contributed by atoms with van der Waals surface area (Å²) >= 11 is 0. The van der Waals surface area contributed by atoms with Gasteiger partial charge in [0.15, 0.2) is 0 Å². The van der Waals surface area contributed by atoms with E-state index in [1.54, 1.807) is 7.11 Å². The van der Waals surface area contributed by atoms with E-state index in [1.807, 2.05) is 37.8 Å². The predicted octanol–water partition coefficient (Wildman–Crippen LogP) is 2.79. The summed E-state index contributed by atoms with van der Waals surface area (Å²) in [6.45, 7) is 7.15. The van der Waals surface area contributed by atoms with E-state index in [-0.39, 0.29) is 11.5 Å². The minimum absolute atomic E-state index is 0.0535. The van der Waals surface area contributed by atoms with Crippen molar-refractivity contribution in [1.82, 2.24) is 4.90 Å². The van der Waals surface area contributed by atoms with Gasteiger partial charge in [-0.2, -0.15) is 0 Å². The highest BCUT2D eigenvalue weighted by atomic mass is 16.6. The Bertz CT molecular complexity index is 608. The summed E-state index contributed by atoms with van der Waals surface area (Å²) in [7, 11) is 1.62. The second-order valence-corrected chi connectivity index (χ2v) is 7.37. The van der Waals surface area contributed by atoms with E-state index in [1.165, 1.54) is 5.56 Å². The Kier molecular flexibility index (Phi) is 3.27. The van der Waals surface area contributed by atoms with E-state index in [0.717, 1.165) is 13.0 Å². The molecule has 2 N–H and O–H groups in total. The number of hydrogen-bond donors (Lipinski definition) is 1. The van der Waals surface area contributed by atoms with E-state index in [0.29, 0.717) is 23.9 Å². The van der Waals surface area contributed by atoms with Crippen LogP contribution in [0.25, 0.3) is 0 Å².